The summed E-state index contributed by atoms with van der Waals surface area (Å²) in [5.41, 5.74) is 0.191. The second kappa shape index (κ2) is 9.18. The van der Waals surface area contributed by atoms with Crippen LogP contribution in [0.15, 0.2) is 18.2 Å². The molecule has 3 nitrogen and oxygen atoms in total. The van der Waals surface area contributed by atoms with E-state index >= 15 is 0 Å². The first-order valence-corrected chi connectivity index (χ1v) is 7.86. The zero-order chi connectivity index (χ0) is 14.1. The van der Waals surface area contributed by atoms with Gasteiger partial charge >= 0.3 is 0 Å². The molecule has 1 rings (SSSR count). The topological polar surface area (TPSA) is 49.4 Å². The van der Waals surface area contributed by atoms with Gasteiger partial charge in [-0.2, -0.15) is 0 Å². The molecule has 0 aliphatic heterocycles. The van der Waals surface area contributed by atoms with Crippen LogP contribution in [0.3, 0.4) is 0 Å². The summed E-state index contributed by atoms with van der Waals surface area (Å²) in [5.74, 6) is -0.403. The van der Waals surface area contributed by atoms with E-state index in [-0.39, 0.29) is 5.56 Å². The first-order chi connectivity index (χ1) is 9.15. The Bertz CT molecular complexity index is 404. The quantitative estimate of drug-likeness (QED) is 0.491. The highest BCUT2D eigenvalue weighted by atomic mass is 127. The number of carbonyl (C=O) groups excluding carboxylic acids is 1. The highest BCUT2D eigenvalue weighted by Gasteiger charge is 2.03. The van der Waals surface area contributed by atoms with Gasteiger partial charge in [-0.3, -0.25) is 0 Å². The zero-order valence-electron chi connectivity index (χ0n) is 11.3. The number of hydrogen-bond acceptors (Lipinski definition) is 3. The van der Waals surface area contributed by atoms with Crippen molar-refractivity contribution in [3.05, 3.63) is 27.3 Å². The summed E-state index contributed by atoms with van der Waals surface area (Å²) in [5, 5.41) is 10.7. The van der Waals surface area contributed by atoms with Gasteiger partial charge in [0.15, 0.2) is 0 Å². The smallest absolute Gasteiger partial charge is 0.132 e. The van der Waals surface area contributed by atoms with Crippen molar-refractivity contribution in [2.75, 3.05) is 6.61 Å². The molecule has 0 heterocycles. The predicted molar refractivity (Wildman–Crippen MR) is 82.4 cm³/mol. The van der Waals surface area contributed by atoms with E-state index in [0.29, 0.717) is 6.61 Å². The standard InChI is InChI=1S/C15H21IO3/c1-2-3-4-5-6-7-10-19-14-9-8-12(15(17)18)11-13(14)16/h8-9,11H,2-7,10H2,1H3,(H,17,18)/p-1. The van der Waals surface area contributed by atoms with Crippen molar-refractivity contribution in [1.29, 1.82) is 0 Å². The van der Waals surface area contributed by atoms with Crippen molar-refractivity contribution in [2.24, 2.45) is 0 Å². The van der Waals surface area contributed by atoms with Gasteiger partial charge in [0.05, 0.1) is 16.1 Å². The summed E-state index contributed by atoms with van der Waals surface area (Å²) >= 11 is 2.08. The maximum absolute atomic E-state index is 10.7. The molecular weight excluding hydrogens is 355 g/mol. The van der Waals surface area contributed by atoms with Crippen LogP contribution in [0.2, 0.25) is 0 Å². The second-order valence-electron chi connectivity index (χ2n) is 4.55. The normalized spacial score (nSPS) is 10.4. The van der Waals surface area contributed by atoms with Gasteiger partial charge in [-0.1, -0.05) is 39.0 Å². The fraction of sp³-hybridized carbons (Fsp3) is 0.533. The van der Waals surface area contributed by atoms with Crippen LogP contribution >= 0.6 is 22.6 Å². The summed E-state index contributed by atoms with van der Waals surface area (Å²) in [6.45, 7) is 2.90. The Labute approximate surface area is 128 Å². The van der Waals surface area contributed by atoms with E-state index in [1.807, 2.05) is 0 Å². The van der Waals surface area contributed by atoms with E-state index in [9.17, 15) is 9.90 Å². The molecule has 0 amide bonds. The predicted octanol–water partition coefficient (Wildman–Crippen LogP) is 3.39. The minimum atomic E-state index is -1.15. The SMILES string of the molecule is CCCCCCCCOc1ccc(C(=O)[O-])cc1I. The fourth-order valence-corrected chi connectivity index (χ4v) is 2.48. The number of halogens is 1. The molecule has 106 valence electrons. The number of benzene rings is 1. The molecule has 0 fully saturated rings. The van der Waals surface area contributed by atoms with E-state index < -0.39 is 5.97 Å². The summed E-state index contributed by atoms with van der Waals surface area (Å²) < 4.78 is 6.47. The molecule has 0 atom stereocenters. The molecule has 0 saturated heterocycles. The molecule has 0 aliphatic rings. The Balaban J connectivity index is 2.28. The summed E-state index contributed by atoms with van der Waals surface area (Å²) in [6.07, 6.45) is 7.37. The lowest BCUT2D eigenvalue weighted by atomic mass is 10.1. The molecule has 0 bridgehead atoms. The van der Waals surface area contributed by atoms with E-state index in [0.717, 1.165) is 15.7 Å². The monoisotopic (exact) mass is 375 g/mol. The molecule has 4 heteroatoms. The van der Waals surface area contributed by atoms with Gasteiger partial charge in [0, 0.05) is 0 Å². The first kappa shape index (κ1) is 16.3. The number of ether oxygens (including phenoxy) is 1. The number of unbranched alkanes of at least 4 members (excludes halogenated alkanes) is 5. The van der Waals surface area contributed by atoms with Gasteiger partial charge < -0.3 is 14.6 Å². The highest BCUT2D eigenvalue weighted by Crippen LogP contribution is 2.22. The molecule has 0 unspecified atom stereocenters. The van der Waals surface area contributed by atoms with Crippen molar-refractivity contribution < 1.29 is 14.6 Å². The number of carbonyl (C=O) groups is 1. The first-order valence-electron chi connectivity index (χ1n) is 6.79. The van der Waals surface area contributed by atoms with E-state index in [1.54, 1.807) is 12.1 Å². The lowest BCUT2D eigenvalue weighted by Crippen LogP contribution is -2.22. The second-order valence-corrected chi connectivity index (χ2v) is 5.71. The van der Waals surface area contributed by atoms with Crippen molar-refractivity contribution in [3.8, 4) is 5.75 Å². The Morgan fingerprint density at radius 1 is 1.21 bits per heavy atom. The number of aromatic carboxylic acids is 1. The van der Waals surface area contributed by atoms with Gasteiger partial charge in [0.25, 0.3) is 0 Å². The molecule has 0 N–H and O–H groups in total. The van der Waals surface area contributed by atoms with E-state index in [2.05, 4.69) is 29.5 Å². The largest absolute Gasteiger partial charge is 0.545 e. The van der Waals surface area contributed by atoms with Crippen LogP contribution in [0, 0.1) is 3.57 Å². The van der Waals surface area contributed by atoms with E-state index in [1.165, 1.54) is 38.2 Å². The number of carboxylic acids is 1. The van der Waals surface area contributed by atoms with Gasteiger partial charge in [-0.05, 0) is 52.8 Å². The molecule has 0 aliphatic carbocycles. The lowest BCUT2D eigenvalue weighted by molar-refractivity contribution is -0.255. The summed E-state index contributed by atoms with van der Waals surface area (Å²) in [6, 6.07) is 4.80. The Morgan fingerprint density at radius 2 is 1.89 bits per heavy atom. The fourth-order valence-electron chi connectivity index (χ4n) is 1.81. The van der Waals surface area contributed by atoms with Crippen molar-refractivity contribution >= 4 is 28.6 Å². The average Bonchev–Trinajstić information content (AvgIpc) is 2.39. The minimum absolute atomic E-state index is 0.191. The molecule has 1 aromatic rings. The van der Waals surface area contributed by atoms with Gasteiger partial charge in [0.1, 0.15) is 5.75 Å². The maximum atomic E-state index is 10.7. The number of hydrogen-bond donors (Lipinski definition) is 0. The Kier molecular flexibility index (Phi) is 7.86. The van der Waals surface area contributed by atoms with Crippen LogP contribution in [0.1, 0.15) is 55.8 Å². The minimum Gasteiger partial charge on any atom is -0.545 e. The molecule has 1 aromatic carbocycles. The van der Waals surface area contributed by atoms with Crippen molar-refractivity contribution in [2.45, 2.75) is 45.4 Å². The van der Waals surface area contributed by atoms with Crippen molar-refractivity contribution in [3.63, 3.8) is 0 Å². The van der Waals surface area contributed by atoms with Gasteiger partial charge in [0.2, 0.25) is 0 Å². The Hall–Kier alpha value is -0.780. The zero-order valence-corrected chi connectivity index (χ0v) is 13.4. The van der Waals surface area contributed by atoms with Crippen molar-refractivity contribution in [1.82, 2.24) is 0 Å². The molecule has 0 radical (unpaired) electrons. The maximum Gasteiger partial charge on any atom is 0.132 e. The molecule has 0 aromatic heterocycles. The van der Waals surface area contributed by atoms with Crippen LogP contribution in [-0.2, 0) is 0 Å². The highest BCUT2D eigenvalue weighted by molar-refractivity contribution is 14.1. The molecule has 0 spiro atoms. The van der Waals surface area contributed by atoms with E-state index in [4.69, 9.17) is 4.74 Å². The van der Waals surface area contributed by atoms with Crippen LogP contribution in [-0.4, -0.2) is 12.6 Å². The summed E-state index contributed by atoms with van der Waals surface area (Å²) in [7, 11) is 0. The Morgan fingerprint density at radius 3 is 2.53 bits per heavy atom. The number of rotatable bonds is 9. The molecule has 0 saturated carbocycles. The van der Waals surface area contributed by atoms with Gasteiger partial charge in [-0.25, -0.2) is 0 Å². The summed E-state index contributed by atoms with van der Waals surface area (Å²) in [4.78, 5) is 10.7. The van der Waals surface area contributed by atoms with Crippen LogP contribution in [0.5, 0.6) is 5.75 Å². The average molecular weight is 375 g/mol. The van der Waals surface area contributed by atoms with Gasteiger partial charge in [-0.15, -0.1) is 0 Å². The lowest BCUT2D eigenvalue weighted by Gasteiger charge is -2.10. The third-order valence-corrected chi connectivity index (χ3v) is 3.77. The number of carboxylic acid groups (broad SMARTS) is 1. The molecule has 19 heavy (non-hydrogen) atoms. The van der Waals surface area contributed by atoms with Crippen LogP contribution in [0.4, 0.5) is 0 Å². The van der Waals surface area contributed by atoms with Crippen LogP contribution in [0.25, 0.3) is 0 Å². The third kappa shape index (κ3) is 6.27. The van der Waals surface area contributed by atoms with Crippen LogP contribution < -0.4 is 9.84 Å². The third-order valence-electron chi connectivity index (χ3n) is 2.92. The molecular formula is C15H20IO3-.